The number of nitrogens with one attached hydrogen (secondary N) is 2. The van der Waals surface area contributed by atoms with Crippen molar-refractivity contribution < 1.29 is 9.53 Å². The third-order valence-corrected chi connectivity index (χ3v) is 4.83. The first-order chi connectivity index (χ1) is 13.7. The van der Waals surface area contributed by atoms with Crippen LogP contribution in [0.3, 0.4) is 0 Å². The Morgan fingerprint density at radius 3 is 2.79 bits per heavy atom. The largest absolute Gasteiger partial charge is 0.486 e. The number of hydrogen-bond acceptors (Lipinski definition) is 6. The number of hydrogen-bond donors (Lipinski definition) is 2. The summed E-state index contributed by atoms with van der Waals surface area (Å²) in [6.07, 6.45) is 7.31. The molecule has 1 aliphatic heterocycles. The zero-order valence-corrected chi connectivity index (χ0v) is 15.7. The molecule has 9 heteroatoms. The van der Waals surface area contributed by atoms with Crippen molar-refractivity contribution in [3.63, 3.8) is 0 Å². The molecule has 0 bridgehead atoms. The van der Waals surface area contributed by atoms with Gasteiger partial charge in [-0.3, -0.25) is 4.79 Å². The molecule has 1 fully saturated rings. The molecule has 28 heavy (non-hydrogen) atoms. The second-order valence-corrected chi connectivity index (χ2v) is 6.79. The van der Waals surface area contributed by atoms with Gasteiger partial charge in [-0.05, 0) is 50.2 Å². The highest BCUT2D eigenvalue weighted by Crippen LogP contribution is 2.19. The van der Waals surface area contributed by atoms with Crippen LogP contribution in [0, 0.1) is 0 Å². The summed E-state index contributed by atoms with van der Waals surface area (Å²) < 4.78 is 9.42. The van der Waals surface area contributed by atoms with Gasteiger partial charge in [0.1, 0.15) is 18.2 Å². The highest BCUT2D eigenvalue weighted by molar-refractivity contribution is 6.02. The molecule has 3 heterocycles. The number of imidazole rings is 1. The second kappa shape index (κ2) is 8.22. The van der Waals surface area contributed by atoms with Crippen molar-refractivity contribution in [2.45, 2.75) is 25.5 Å². The van der Waals surface area contributed by atoms with Gasteiger partial charge in [-0.1, -0.05) is 5.21 Å². The number of aryl methyl sites for hydroxylation is 1. The van der Waals surface area contributed by atoms with Crippen molar-refractivity contribution in [1.29, 1.82) is 0 Å². The fourth-order valence-corrected chi connectivity index (χ4v) is 3.14. The summed E-state index contributed by atoms with van der Waals surface area (Å²) in [5, 5.41) is 14.3. The normalized spacial score (nSPS) is 14.8. The summed E-state index contributed by atoms with van der Waals surface area (Å²) in [5.41, 5.74) is 0.986. The highest BCUT2D eigenvalue weighted by atomic mass is 16.5. The molecule has 9 nitrogen and oxygen atoms in total. The molecule has 2 aromatic heterocycles. The van der Waals surface area contributed by atoms with Gasteiger partial charge in [-0.25, -0.2) is 9.67 Å². The van der Waals surface area contributed by atoms with Crippen LogP contribution in [0.15, 0.2) is 42.9 Å². The molecule has 146 valence electrons. The molecule has 2 N–H and O–H groups in total. The number of rotatable bonds is 6. The van der Waals surface area contributed by atoms with E-state index in [4.69, 9.17) is 4.74 Å². The maximum Gasteiger partial charge on any atom is 0.277 e. The SMILES string of the molecule is Cn1ccnc1COc1ccc(NC(=O)c2cn(C3CCNCC3)nn2)cc1. The van der Waals surface area contributed by atoms with Crippen LogP contribution in [-0.2, 0) is 13.7 Å². The summed E-state index contributed by atoms with van der Waals surface area (Å²) in [6, 6.07) is 7.51. The van der Waals surface area contributed by atoms with Gasteiger partial charge in [0.25, 0.3) is 5.91 Å². The maximum atomic E-state index is 12.4. The summed E-state index contributed by atoms with van der Waals surface area (Å²) in [7, 11) is 1.92. The van der Waals surface area contributed by atoms with Crippen LogP contribution >= 0.6 is 0 Å². The van der Waals surface area contributed by atoms with Gasteiger partial charge in [0.15, 0.2) is 5.69 Å². The Morgan fingerprint density at radius 2 is 2.07 bits per heavy atom. The number of aromatic nitrogens is 5. The Morgan fingerprint density at radius 1 is 1.29 bits per heavy atom. The van der Waals surface area contributed by atoms with Crippen molar-refractivity contribution in [3.8, 4) is 5.75 Å². The summed E-state index contributed by atoms with van der Waals surface area (Å²) in [6.45, 7) is 2.30. The minimum atomic E-state index is -0.276. The molecular formula is C19H23N7O2. The minimum Gasteiger partial charge on any atom is -0.486 e. The van der Waals surface area contributed by atoms with Crippen LogP contribution in [0.1, 0.15) is 35.2 Å². The van der Waals surface area contributed by atoms with Crippen LogP contribution in [0.2, 0.25) is 0 Å². The monoisotopic (exact) mass is 381 g/mol. The molecule has 3 aromatic rings. The lowest BCUT2D eigenvalue weighted by molar-refractivity contribution is 0.102. The minimum absolute atomic E-state index is 0.276. The van der Waals surface area contributed by atoms with E-state index in [0.29, 0.717) is 29.8 Å². The average Bonchev–Trinajstić information content (AvgIpc) is 3.37. The van der Waals surface area contributed by atoms with Crippen molar-refractivity contribution in [2.24, 2.45) is 7.05 Å². The van der Waals surface area contributed by atoms with Crippen LogP contribution in [0.4, 0.5) is 5.69 Å². The lowest BCUT2D eigenvalue weighted by Crippen LogP contribution is -2.29. The Balaban J connectivity index is 1.33. The summed E-state index contributed by atoms with van der Waals surface area (Å²) in [4.78, 5) is 16.7. The first-order valence-electron chi connectivity index (χ1n) is 9.32. The third kappa shape index (κ3) is 4.20. The summed E-state index contributed by atoms with van der Waals surface area (Å²) in [5.74, 6) is 1.27. The standard InChI is InChI=1S/C19H23N7O2/c1-25-11-10-21-18(25)13-28-16-4-2-14(3-5-16)22-19(27)17-12-26(24-23-17)15-6-8-20-9-7-15/h2-5,10-12,15,20H,6-9,13H2,1H3,(H,22,27). The average molecular weight is 381 g/mol. The first kappa shape index (κ1) is 18.2. The number of carbonyl (C=O) groups is 1. The number of piperidine rings is 1. The Bertz CT molecular complexity index is 926. The van der Waals surface area contributed by atoms with E-state index < -0.39 is 0 Å². The number of benzene rings is 1. The second-order valence-electron chi connectivity index (χ2n) is 6.79. The number of nitrogens with zero attached hydrogens (tertiary/aromatic N) is 5. The quantitative estimate of drug-likeness (QED) is 0.675. The van der Waals surface area contributed by atoms with Gasteiger partial charge < -0.3 is 19.9 Å². The van der Waals surface area contributed by atoms with E-state index in [2.05, 4.69) is 25.9 Å². The molecule has 4 rings (SSSR count). The molecule has 0 aliphatic carbocycles. The Hall–Kier alpha value is -3.20. The topological polar surface area (TPSA) is 98.9 Å². The van der Waals surface area contributed by atoms with Gasteiger partial charge in [0.2, 0.25) is 0 Å². The number of ether oxygens (including phenoxy) is 1. The lowest BCUT2D eigenvalue weighted by atomic mass is 10.1. The Kier molecular flexibility index (Phi) is 5.34. The van der Waals surface area contributed by atoms with Gasteiger partial charge in [-0.15, -0.1) is 5.10 Å². The molecule has 1 aromatic carbocycles. The van der Waals surface area contributed by atoms with Crippen molar-refractivity contribution in [1.82, 2.24) is 29.9 Å². The summed E-state index contributed by atoms with van der Waals surface area (Å²) >= 11 is 0. The number of anilines is 1. The van der Waals surface area contributed by atoms with Crippen molar-refractivity contribution >= 4 is 11.6 Å². The molecule has 0 atom stereocenters. The van der Waals surface area contributed by atoms with Crippen LogP contribution in [0.25, 0.3) is 0 Å². The van der Waals surface area contributed by atoms with Crippen molar-refractivity contribution in [2.75, 3.05) is 18.4 Å². The highest BCUT2D eigenvalue weighted by Gasteiger charge is 2.18. The van der Waals surface area contributed by atoms with Crippen LogP contribution in [-0.4, -0.2) is 43.5 Å². The molecule has 0 spiro atoms. The van der Waals surface area contributed by atoms with Crippen LogP contribution < -0.4 is 15.4 Å². The van der Waals surface area contributed by atoms with Gasteiger partial charge >= 0.3 is 0 Å². The van der Waals surface area contributed by atoms with Gasteiger partial charge in [0.05, 0.1) is 12.2 Å². The number of carbonyl (C=O) groups excluding carboxylic acids is 1. The molecule has 1 amide bonds. The van der Waals surface area contributed by atoms with E-state index in [9.17, 15) is 4.79 Å². The molecule has 1 aliphatic rings. The van der Waals surface area contributed by atoms with E-state index in [1.165, 1.54) is 0 Å². The fourth-order valence-electron chi connectivity index (χ4n) is 3.14. The van der Waals surface area contributed by atoms with E-state index in [1.807, 2.05) is 29.9 Å². The zero-order valence-electron chi connectivity index (χ0n) is 15.7. The van der Waals surface area contributed by atoms with E-state index in [-0.39, 0.29) is 5.91 Å². The zero-order chi connectivity index (χ0) is 19.3. The van der Waals surface area contributed by atoms with E-state index in [0.717, 1.165) is 31.8 Å². The predicted molar refractivity (Wildman–Crippen MR) is 103 cm³/mol. The lowest BCUT2D eigenvalue weighted by Gasteiger charge is -2.22. The van der Waals surface area contributed by atoms with Gasteiger partial charge in [0, 0.05) is 25.1 Å². The van der Waals surface area contributed by atoms with E-state index >= 15 is 0 Å². The predicted octanol–water partition coefficient (Wildman–Crippen LogP) is 1.77. The van der Waals surface area contributed by atoms with E-state index in [1.54, 1.807) is 29.2 Å². The Labute approximate surface area is 162 Å². The first-order valence-corrected chi connectivity index (χ1v) is 9.32. The molecular weight excluding hydrogens is 358 g/mol. The molecule has 0 saturated carbocycles. The smallest absolute Gasteiger partial charge is 0.277 e. The molecule has 0 radical (unpaired) electrons. The van der Waals surface area contributed by atoms with Gasteiger partial charge in [-0.2, -0.15) is 0 Å². The van der Waals surface area contributed by atoms with Crippen LogP contribution in [0.5, 0.6) is 5.75 Å². The molecule has 0 unspecified atom stereocenters. The third-order valence-electron chi connectivity index (χ3n) is 4.83. The van der Waals surface area contributed by atoms with Crippen molar-refractivity contribution in [3.05, 3.63) is 54.4 Å². The molecule has 1 saturated heterocycles. The number of amides is 1. The maximum absolute atomic E-state index is 12.4. The fraction of sp³-hybridized carbons (Fsp3) is 0.368.